The summed E-state index contributed by atoms with van der Waals surface area (Å²) in [6, 6.07) is 29.6. The van der Waals surface area contributed by atoms with Crippen LogP contribution in [0.1, 0.15) is 16.7 Å². The average Bonchev–Trinajstić information content (AvgIpc) is 3.45. The first-order chi connectivity index (χ1) is 12.3. The van der Waals surface area contributed by atoms with Gasteiger partial charge in [-0.25, -0.2) is 0 Å². The van der Waals surface area contributed by atoms with E-state index < -0.39 is 5.41 Å². The molecule has 0 radical (unpaired) electrons. The van der Waals surface area contributed by atoms with Gasteiger partial charge in [-0.2, -0.15) is 0 Å². The normalized spacial score (nSPS) is 18.3. The second-order valence-corrected chi connectivity index (χ2v) is 6.16. The summed E-state index contributed by atoms with van der Waals surface area (Å²) in [5, 5.41) is 0. The van der Waals surface area contributed by atoms with Gasteiger partial charge >= 0.3 is 5.97 Å². The smallest absolute Gasteiger partial charge is 0.325 e. The summed E-state index contributed by atoms with van der Waals surface area (Å²) in [5.41, 5.74) is 3.24. The predicted octanol–water partition coefficient (Wildman–Crippen LogP) is 4.77. The summed E-state index contributed by atoms with van der Waals surface area (Å²) in [6.07, 6.45) is 2.00. The van der Waals surface area contributed by atoms with Crippen molar-refractivity contribution in [3.63, 3.8) is 0 Å². The van der Waals surface area contributed by atoms with Crippen LogP contribution in [0.3, 0.4) is 0 Å². The summed E-state index contributed by atoms with van der Waals surface area (Å²) < 4.78 is 5.67. The second-order valence-electron chi connectivity index (χ2n) is 6.16. The van der Waals surface area contributed by atoms with Crippen LogP contribution >= 0.6 is 0 Å². The van der Waals surface area contributed by atoms with Crippen molar-refractivity contribution in [1.29, 1.82) is 0 Å². The van der Waals surface area contributed by atoms with E-state index in [4.69, 9.17) is 4.74 Å². The van der Waals surface area contributed by atoms with Crippen molar-refractivity contribution < 1.29 is 9.53 Å². The number of esters is 1. The van der Waals surface area contributed by atoms with Crippen LogP contribution in [0.2, 0.25) is 0 Å². The van der Waals surface area contributed by atoms with Crippen molar-refractivity contribution >= 4 is 11.5 Å². The Morgan fingerprint density at radius 2 is 1.32 bits per heavy atom. The quantitative estimate of drug-likeness (QED) is 0.632. The Balaban J connectivity index is 1.61. The Hall–Kier alpha value is -3.13. The molecular formula is C23H18O2. The third-order valence-corrected chi connectivity index (χ3v) is 4.55. The second kappa shape index (κ2) is 6.40. The number of rotatable bonds is 5. The van der Waals surface area contributed by atoms with Gasteiger partial charge in [0.15, 0.2) is 0 Å². The Kier molecular flexibility index (Phi) is 3.95. The molecule has 25 heavy (non-hydrogen) atoms. The van der Waals surface area contributed by atoms with E-state index in [9.17, 15) is 4.79 Å². The van der Waals surface area contributed by atoms with E-state index in [-0.39, 0.29) is 12.6 Å². The first kappa shape index (κ1) is 15.4. The maximum absolute atomic E-state index is 13.0. The molecule has 0 fully saturated rings. The van der Waals surface area contributed by atoms with Gasteiger partial charge in [0.2, 0.25) is 0 Å². The van der Waals surface area contributed by atoms with Gasteiger partial charge < -0.3 is 4.74 Å². The number of carbonyl (C=O) groups is 1. The number of carbonyl (C=O) groups excluding carboxylic acids is 1. The van der Waals surface area contributed by atoms with E-state index in [0.717, 1.165) is 22.3 Å². The van der Waals surface area contributed by atoms with Crippen molar-refractivity contribution in [1.82, 2.24) is 0 Å². The molecule has 4 rings (SSSR count). The SMILES string of the molecule is O=C(OCc1ccccc1)C1(c2ccccc2)C=C1c1ccccc1. The van der Waals surface area contributed by atoms with Gasteiger partial charge in [0, 0.05) is 0 Å². The molecule has 1 unspecified atom stereocenters. The fraction of sp³-hybridized carbons (Fsp3) is 0.0870. The lowest BCUT2D eigenvalue weighted by molar-refractivity contribution is -0.147. The monoisotopic (exact) mass is 326 g/mol. The largest absolute Gasteiger partial charge is 0.460 e. The van der Waals surface area contributed by atoms with Crippen LogP contribution in [-0.2, 0) is 21.6 Å². The van der Waals surface area contributed by atoms with Crippen molar-refractivity contribution in [3.8, 4) is 0 Å². The highest BCUT2D eigenvalue weighted by molar-refractivity contribution is 6.12. The predicted molar refractivity (Wildman–Crippen MR) is 98.8 cm³/mol. The first-order valence-electron chi connectivity index (χ1n) is 8.36. The summed E-state index contributed by atoms with van der Waals surface area (Å²) in [6.45, 7) is 0.282. The molecule has 0 aliphatic heterocycles. The highest BCUT2D eigenvalue weighted by Gasteiger charge is 2.54. The standard InChI is InChI=1S/C23H18O2/c24-22(25-17-18-10-4-1-5-11-18)23(20-14-8-3-9-15-20)16-21(23)19-12-6-2-7-13-19/h1-16H,17H2. The molecule has 2 heteroatoms. The Labute approximate surface area is 147 Å². The van der Waals surface area contributed by atoms with Crippen molar-refractivity contribution in [2.24, 2.45) is 0 Å². The van der Waals surface area contributed by atoms with E-state index in [1.54, 1.807) is 0 Å². The minimum absolute atomic E-state index is 0.221. The molecule has 0 bridgehead atoms. The minimum Gasteiger partial charge on any atom is -0.460 e. The zero-order valence-electron chi connectivity index (χ0n) is 13.8. The first-order valence-corrected chi connectivity index (χ1v) is 8.36. The molecule has 0 N–H and O–H groups in total. The zero-order chi connectivity index (χ0) is 17.1. The lowest BCUT2D eigenvalue weighted by Gasteiger charge is -2.18. The highest BCUT2D eigenvalue weighted by atomic mass is 16.5. The topological polar surface area (TPSA) is 26.3 Å². The molecule has 1 atom stereocenters. The summed E-state index contributed by atoms with van der Waals surface area (Å²) in [4.78, 5) is 13.0. The molecule has 2 nitrogen and oxygen atoms in total. The van der Waals surface area contributed by atoms with Crippen molar-refractivity contribution in [3.05, 3.63) is 114 Å². The van der Waals surface area contributed by atoms with Crippen LogP contribution in [0.25, 0.3) is 5.57 Å². The maximum Gasteiger partial charge on any atom is 0.325 e. The van der Waals surface area contributed by atoms with E-state index in [1.165, 1.54) is 0 Å². The van der Waals surface area contributed by atoms with Crippen LogP contribution in [0.4, 0.5) is 0 Å². The van der Waals surface area contributed by atoms with Crippen LogP contribution in [-0.4, -0.2) is 5.97 Å². The lowest BCUT2D eigenvalue weighted by atomic mass is 9.88. The zero-order valence-corrected chi connectivity index (χ0v) is 13.8. The van der Waals surface area contributed by atoms with Crippen LogP contribution in [0.5, 0.6) is 0 Å². The Bertz CT molecular complexity index is 899. The number of ether oxygens (including phenoxy) is 1. The molecule has 3 aromatic carbocycles. The third kappa shape index (κ3) is 2.87. The highest BCUT2D eigenvalue weighted by Crippen LogP contribution is 2.53. The Morgan fingerprint density at radius 1 is 0.760 bits per heavy atom. The fourth-order valence-corrected chi connectivity index (χ4v) is 3.17. The van der Waals surface area contributed by atoms with Crippen molar-refractivity contribution in [2.45, 2.75) is 12.0 Å². The van der Waals surface area contributed by atoms with E-state index in [2.05, 4.69) is 0 Å². The summed E-state index contributed by atoms with van der Waals surface area (Å²) in [7, 11) is 0. The van der Waals surface area contributed by atoms with E-state index in [0.29, 0.717) is 0 Å². The third-order valence-electron chi connectivity index (χ3n) is 4.55. The Morgan fingerprint density at radius 3 is 1.96 bits per heavy atom. The van der Waals surface area contributed by atoms with Gasteiger partial charge in [-0.15, -0.1) is 0 Å². The van der Waals surface area contributed by atoms with Gasteiger partial charge in [-0.3, -0.25) is 4.79 Å². The summed E-state index contributed by atoms with van der Waals surface area (Å²) in [5.74, 6) is -0.221. The minimum atomic E-state index is -0.766. The average molecular weight is 326 g/mol. The molecule has 3 aromatic rings. The number of hydrogen-bond donors (Lipinski definition) is 0. The van der Waals surface area contributed by atoms with Gasteiger partial charge in [-0.05, 0) is 22.3 Å². The van der Waals surface area contributed by atoms with Gasteiger partial charge in [0.25, 0.3) is 0 Å². The molecular weight excluding hydrogens is 308 g/mol. The van der Waals surface area contributed by atoms with Crippen LogP contribution in [0, 0.1) is 0 Å². The number of hydrogen-bond acceptors (Lipinski definition) is 2. The molecule has 0 saturated heterocycles. The van der Waals surface area contributed by atoms with E-state index >= 15 is 0 Å². The molecule has 0 heterocycles. The molecule has 0 saturated carbocycles. The molecule has 0 spiro atoms. The fourth-order valence-electron chi connectivity index (χ4n) is 3.17. The van der Waals surface area contributed by atoms with Crippen LogP contribution < -0.4 is 0 Å². The summed E-state index contributed by atoms with van der Waals surface area (Å²) >= 11 is 0. The number of benzene rings is 3. The van der Waals surface area contributed by atoms with Crippen LogP contribution in [0.15, 0.2) is 97.1 Å². The molecule has 122 valence electrons. The molecule has 1 aliphatic rings. The lowest BCUT2D eigenvalue weighted by Crippen LogP contribution is -2.26. The molecule has 1 aliphatic carbocycles. The molecule has 0 aromatic heterocycles. The van der Waals surface area contributed by atoms with Gasteiger partial charge in [0.05, 0.1) is 0 Å². The van der Waals surface area contributed by atoms with Gasteiger partial charge in [-0.1, -0.05) is 97.1 Å². The van der Waals surface area contributed by atoms with E-state index in [1.807, 2.05) is 97.1 Å². The maximum atomic E-state index is 13.0. The van der Waals surface area contributed by atoms with Gasteiger partial charge in [0.1, 0.15) is 12.0 Å². The van der Waals surface area contributed by atoms with Crippen molar-refractivity contribution in [2.75, 3.05) is 0 Å². The molecule has 0 amide bonds.